The quantitative estimate of drug-likeness (QED) is 0.804. The first-order chi connectivity index (χ1) is 9.60. The molecule has 110 valence electrons. The largest absolute Gasteiger partial charge is 0.480 e. The molecule has 1 aliphatic rings. The van der Waals surface area contributed by atoms with E-state index >= 15 is 0 Å². The summed E-state index contributed by atoms with van der Waals surface area (Å²) in [5, 5.41) is 8.79. The summed E-state index contributed by atoms with van der Waals surface area (Å²) in [4.78, 5) is 26.5. The van der Waals surface area contributed by atoms with Crippen molar-refractivity contribution < 1.29 is 19.1 Å². The summed E-state index contributed by atoms with van der Waals surface area (Å²) in [6.45, 7) is 2.63. The molecule has 0 atom stereocenters. The summed E-state index contributed by atoms with van der Waals surface area (Å²) >= 11 is 0. The molecular formula is C13H19N3O4. The van der Waals surface area contributed by atoms with Crippen molar-refractivity contribution in [1.82, 2.24) is 9.80 Å². The summed E-state index contributed by atoms with van der Waals surface area (Å²) in [5.41, 5.74) is 5.45. The number of amides is 1. The number of hydrogen-bond donors (Lipinski definition) is 2. The molecule has 20 heavy (non-hydrogen) atoms. The highest BCUT2D eigenvalue weighted by Gasteiger charge is 2.23. The topological polar surface area (TPSA) is 100 Å². The molecule has 7 nitrogen and oxygen atoms in total. The molecule has 1 aliphatic heterocycles. The highest BCUT2D eigenvalue weighted by molar-refractivity contribution is 5.91. The van der Waals surface area contributed by atoms with Crippen molar-refractivity contribution in [2.45, 2.75) is 13.0 Å². The number of aliphatic carboxylic acids is 1. The lowest BCUT2D eigenvalue weighted by Gasteiger charge is -2.20. The van der Waals surface area contributed by atoms with Crippen molar-refractivity contribution >= 4 is 11.9 Å². The molecule has 0 bridgehead atoms. The number of nitrogens with zero attached hydrogens (tertiary/aromatic N) is 2. The molecule has 1 fully saturated rings. The van der Waals surface area contributed by atoms with Crippen LogP contribution in [0.4, 0.5) is 0 Å². The molecule has 1 aromatic rings. The fourth-order valence-electron chi connectivity index (χ4n) is 2.28. The minimum atomic E-state index is -0.844. The second-order valence-electron chi connectivity index (χ2n) is 4.79. The van der Waals surface area contributed by atoms with Gasteiger partial charge in [-0.25, -0.2) is 0 Å². The molecule has 1 aromatic heterocycles. The van der Waals surface area contributed by atoms with Crippen LogP contribution in [-0.2, 0) is 11.3 Å². The highest BCUT2D eigenvalue weighted by Crippen LogP contribution is 2.12. The van der Waals surface area contributed by atoms with E-state index in [0.29, 0.717) is 31.9 Å². The van der Waals surface area contributed by atoms with E-state index in [1.54, 1.807) is 17.0 Å². The Morgan fingerprint density at radius 2 is 2.05 bits per heavy atom. The van der Waals surface area contributed by atoms with Crippen molar-refractivity contribution in [3.8, 4) is 0 Å². The molecule has 0 unspecified atom stereocenters. The van der Waals surface area contributed by atoms with Crippen molar-refractivity contribution in [3.05, 3.63) is 23.7 Å². The van der Waals surface area contributed by atoms with Gasteiger partial charge in [-0.1, -0.05) is 0 Å². The lowest BCUT2D eigenvalue weighted by Crippen LogP contribution is -2.36. The fourth-order valence-corrected chi connectivity index (χ4v) is 2.28. The Balaban J connectivity index is 1.95. The maximum Gasteiger partial charge on any atom is 0.317 e. The van der Waals surface area contributed by atoms with Gasteiger partial charge in [-0.3, -0.25) is 14.5 Å². The maximum atomic E-state index is 12.3. The monoisotopic (exact) mass is 281 g/mol. The minimum Gasteiger partial charge on any atom is -0.480 e. The van der Waals surface area contributed by atoms with Gasteiger partial charge in [0.2, 0.25) is 0 Å². The first-order valence-electron chi connectivity index (χ1n) is 6.62. The van der Waals surface area contributed by atoms with Gasteiger partial charge in [0.15, 0.2) is 5.76 Å². The average molecular weight is 281 g/mol. The van der Waals surface area contributed by atoms with Crippen LogP contribution in [0.1, 0.15) is 22.7 Å². The molecular weight excluding hydrogens is 262 g/mol. The summed E-state index contributed by atoms with van der Waals surface area (Å²) in [6, 6.07) is 3.33. The zero-order valence-corrected chi connectivity index (χ0v) is 11.2. The number of nitrogens with two attached hydrogens (primary N) is 1. The fraction of sp³-hybridized carbons (Fsp3) is 0.538. The Morgan fingerprint density at radius 3 is 2.70 bits per heavy atom. The third-order valence-corrected chi connectivity index (χ3v) is 3.31. The average Bonchev–Trinajstić information content (AvgIpc) is 2.78. The molecule has 7 heteroatoms. The Morgan fingerprint density at radius 1 is 1.25 bits per heavy atom. The normalized spacial score (nSPS) is 16.9. The molecule has 0 aliphatic carbocycles. The maximum absolute atomic E-state index is 12.3. The van der Waals surface area contributed by atoms with Gasteiger partial charge in [0.25, 0.3) is 5.91 Å². The Bertz CT molecular complexity index is 486. The van der Waals surface area contributed by atoms with Crippen LogP contribution in [0.25, 0.3) is 0 Å². The van der Waals surface area contributed by atoms with E-state index < -0.39 is 5.97 Å². The van der Waals surface area contributed by atoms with Gasteiger partial charge >= 0.3 is 5.97 Å². The molecule has 1 amide bonds. The second kappa shape index (κ2) is 6.53. The van der Waals surface area contributed by atoms with Gasteiger partial charge in [0.05, 0.1) is 13.1 Å². The number of rotatable bonds is 4. The lowest BCUT2D eigenvalue weighted by atomic mass is 10.3. The minimum absolute atomic E-state index is 0.0140. The van der Waals surface area contributed by atoms with Gasteiger partial charge < -0.3 is 20.2 Å². The van der Waals surface area contributed by atoms with Crippen LogP contribution in [0.3, 0.4) is 0 Å². The summed E-state index contributed by atoms with van der Waals surface area (Å²) in [6.07, 6.45) is 0.753. The van der Waals surface area contributed by atoms with Crippen LogP contribution >= 0.6 is 0 Å². The number of carboxylic acid groups (broad SMARTS) is 1. The van der Waals surface area contributed by atoms with E-state index in [1.165, 1.54) is 0 Å². The molecule has 1 saturated heterocycles. The summed E-state index contributed by atoms with van der Waals surface area (Å²) in [7, 11) is 0. The second-order valence-corrected chi connectivity index (χ2v) is 4.79. The number of carbonyl (C=O) groups excluding carboxylic acids is 1. The van der Waals surface area contributed by atoms with E-state index in [4.69, 9.17) is 15.3 Å². The van der Waals surface area contributed by atoms with Crippen molar-refractivity contribution in [1.29, 1.82) is 0 Å². The molecule has 0 spiro atoms. The SMILES string of the molecule is NCc1ccc(C(=O)N2CCCN(CC(=O)O)CC2)o1. The molecule has 2 rings (SSSR count). The number of furan rings is 1. The number of carboxylic acids is 1. The Labute approximate surface area is 116 Å². The van der Waals surface area contributed by atoms with Crippen LogP contribution < -0.4 is 5.73 Å². The first-order valence-corrected chi connectivity index (χ1v) is 6.62. The molecule has 0 radical (unpaired) electrons. The van der Waals surface area contributed by atoms with Crippen LogP contribution in [0.15, 0.2) is 16.5 Å². The van der Waals surface area contributed by atoms with Crippen LogP contribution in [0.2, 0.25) is 0 Å². The van der Waals surface area contributed by atoms with E-state index in [9.17, 15) is 9.59 Å². The van der Waals surface area contributed by atoms with Crippen molar-refractivity contribution in [3.63, 3.8) is 0 Å². The smallest absolute Gasteiger partial charge is 0.317 e. The van der Waals surface area contributed by atoms with Crippen LogP contribution in [0.5, 0.6) is 0 Å². The van der Waals surface area contributed by atoms with E-state index in [0.717, 1.165) is 6.42 Å². The third kappa shape index (κ3) is 3.58. The number of hydrogen-bond acceptors (Lipinski definition) is 5. The van der Waals surface area contributed by atoms with Gasteiger partial charge in [-0.2, -0.15) is 0 Å². The van der Waals surface area contributed by atoms with Gasteiger partial charge in [-0.15, -0.1) is 0 Å². The summed E-state index contributed by atoms with van der Waals surface area (Å²) < 4.78 is 5.36. The van der Waals surface area contributed by atoms with Crippen LogP contribution in [-0.4, -0.2) is 59.5 Å². The molecule has 0 aromatic carbocycles. The predicted octanol–water partition coefficient (Wildman–Crippen LogP) is -0.0292. The number of carbonyl (C=O) groups is 2. The zero-order chi connectivity index (χ0) is 14.5. The van der Waals surface area contributed by atoms with Gasteiger partial charge in [-0.05, 0) is 18.6 Å². The molecule has 0 saturated carbocycles. The van der Waals surface area contributed by atoms with Crippen molar-refractivity contribution in [2.75, 3.05) is 32.7 Å². The Kier molecular flexibility index (Phi) is 4.75. The standard InChI is InChI=1S/C13H19N3O4/c14-8-10-2-3-11(20-10)13(19)16-5-1-4-15(6-7-16)9-12(17)18/h2-3H,1,4-9,14H2,(H,17,18). The molecule has 3 N–H and O–H groups in total. The van der Waals surface area contributed by atoms with Gasteiger partial charge in [0.1, 0.15) is 5.76 Å². The predicted molar refractivity (Wildman–Crippen MR) is 71.2 cm³/mol. The van der Waals surface area contributed by atoms with Crippen LogP contribution in [0, 0.1) is 0 Å². The van der Waals surface area contributed by atoms with Crippen molar-refractivity contribution in [2.24, 2.45) is 5.73 Å². The first kappa shape index (κ1) is 14.5. The van der Waals surface area contributed by atoms with Gasteiger partial charge in [0, 0.05) is 26.2 Å². The van der Waals surface area contributed by atoms with E-state index in [-0.39, 0.29) is 24.8 Å². The Hall–Kier alpha value is -1.86. The highest BCUT2D eigenvalue weighted by atomic mass is 16.4. The zero-order valence-electron chi connectivity index (χ0n) is 11.2. The lowest BCUT2D eigenvalue weighted by molar-refractivity contribution is -0.138. The third-order valence-electron chi connectivity index (χ3n) is 3.31. The van der Waals surface area contributed by atoms with E-state index in [2.05, 4.69) is 0 Å². The summed E-state index contributed by atoms with van der Waals surface area (Å²) in [5.74, 6) is -0.141. The van der Waals surface area contributed by atoms with E-state index in [1.807, 2.05) is 4.90 Å². The molecule has 2 heterocycles.